The Bertz CT molecular complexity index is 1560. The van der Waals surface area contributed by atoms with Crippen LogP contribution in [0.1, 0.15) is 88.7 Å². The fourth-order valence-electron chi connectivity index (χ4n) is 6.84. The molecule has 2 aliphatic heterocycles. The van der Waals surface area contributed by atoms with Crippen molar-refractivity contribution in [1.29, 1.82) is 0 Å². The maximum Gasteiger partial charge on any atom is 0.414 e. The molecule has 2 fully saturated rings. The molecule has 0 unspecified atom stereocenters. The average molecular weight is 606 g/mol. The summed E-state index contributed by atoms with van der Waals surface area (Å²) >= 11 is 0. The smallest absolute Gasteiger partial charge is 0.414 e. The van der Waals surface area contributed by atoms with Gasteiger partial charge in [-0.05, 0) is 84.1 Å². The number of nitrogens with zero attached hydrogens (tertiary/aromatic N) is 5. The van der Waals surface area contributed by atoms with E-state index in [0.29, 0.717) is 32.5 Å². The minimum Gasteiger partial charge on any atom is -0.449 e. The van der Waals surface area contributed by atoms with E-state index in [2.05, 4.69) is 27.9 Å². The Morgan fingerprint density at radius 2 is 1.86 bits per heavy atom. The van der Waals surface area contributed by atoms with Gasteiger partial charge >= 0.3 is 12.2 Å². The molecular weight excluding hydrogens is 562 g/mol. The second kappa shape index (κ2) is 11.9. The van der Waals surface area contributed by atoms with Gasteiger partial charge in [-0.15, -0.1) is 0 Å². The number of benzene rings is 1. The molecule has 236 valence electrons. The number of imidazole rings is 1. The van der Waals surface area contributed by atoms with Crippen LogP contribution in [0, 0.1) is 13.8 Å². The van der Waals surface area contributed by atoms with Gasteiger partial charge in [0.25, 0.3) is 0 Å². The fraction of sp³-hybridized carbons (Fsp3) is 0.576. The molecule has 44 heavy (non-hydrogen) atoms. The quantitative estimate of drug-likeness (QED) is 0.311. The van der Waals surface area contributed by atoms with E-state index in [0.717, 1.165) is 70.8 Å². The summed E-state index contributed by atoms with van der Waals surface area (Å²) < 4.78 is 24.7. The Morgan fingerprint density at radius 3 is 2.50 bits per heavy atom. The monoisotopic (exact) mass is 605 g/mol. The van der Waals surface area contributed by atoms with Gasteiger partial charge in [0.05, 0.1) is 29.4 Å². The number of methoxy groups -OCH3 is 1. The minimum atomic E-state index is -0.574. The van der Waals surface area contributed by atoms with Crippen LogP contribution < -0.4 is 0 Å². The lowest BCUT2D eigenvalue weighted by Crippen LogP contribution is -2.45. The van der Waals surface area contributed by atoms with Gasteiger partial charge in [-0.3, -0.25) is 4.90 Å². The van der Waals surface area contributed by atoms with Gasteiger partial charge < -0.3 is 28.2 Å². The molecule has 2 aromatic heterocycles. The molecule has 4 heterocycles. The van der Waals surface area contributed by atoms with Gasteiger partial charge in [0.15, 0.2) is 0 Å². The predicted octanol–water partition coefficient (Wildman–Crippen LogP) is 6.85. The van der Waals surface area contributed by atoms with Gasteiger partial charge in [0.1, 0.15) is 23.2 Å². The van der Waals surface area contributed by atoms with E-state index in [1.807, 2.05) is 40.7 Å². The number of ether oxygens (including phenoxy) is 3. The molecule has 1 atom stereocenters. The molecular formula is C33H43N5O6. The summed E-state index contributed by atoms with van der Waals surface area (Å²) in [5.41, 5.74) is 5.01. The molecule has 0 N–H and O–H groups in total. The van der Waals surface area contributed by atoms with Crippen LogP contribution in [0.3, 0.4) is 0 Å². The van der Waals surface area contributed by atoms with Crippen LogP contribution in [-0.4, -0.2) is 75.2 Å². The van der Waals surface area contributed by atoms with Crippen LogP contribution in [0.4, 0.5) is 9.59 Å². The van der Waals surface area contributed by atoms with Crippen molar-refractivity contribution in [1.82, 2.24) is 24.5 Å². The first-order chi connectivity index (χ1) is 21.0. The highest BCUT2D eigenvalue weighted by molar-refractivity contribution is 5.84. The number of carbonyl (C=O) groups is 2. The first-order valence-corrected chi connectivity index (χ1v) is 15.6. The molecule has 1 aliphatic carbocycles. The zero-order valence-corrected chi connectivity index (χ0v) is 26.6. The average Bonchev–Trinajstić information content (AvgIpc) is 3.54. The van der Waals surface area contributed by atoms with E-state index in [1.165, 1.54) is 0 Å². The van der Waals surface area contributed by atoms with Crippen LogP contribution in [0.5, 0.6) is 0 Å². The maximum atomic E-state index is 13.4. The van der Waals surface area contributed by atoms with Crippen molar-refractivity contribution >= 4 is 23.2 Å². The Morgan fingerprint density at radius 1 is 1.09 bits per heavy atom. The highest BCUT2D eigenvalue weighted by atomic mass is 16.6. The summed E-state index contributed by atoms with van der Waals surface area (Å²) in [6.07, 6.45) is 6.48. The van der Waals surface area contributed by atoms with Crippen molar-refractivity contribution in [3.05, 3.63) is 47.3 Å². The molecule has 0 radical (unpaired) electrons. The van der Waals surface area contributed by atoms with E-state index >= 15 is 0 Å². The molecule has 0 spiro atoms. The lowest BCUT2D eigenvalue weighted by Gasteiger charge is -2.40. The standard InChI is InChI=1S/C33H43N5O6/c1-20-29(21(2)44-35-20)22-7-12-27-26(19-22)34-30(37(27)23-8-10-25(41-6)11-9-23)28-15-18-42-32(40)38(28)24-13-16-36(17-14-24)31(39)43-33(3,4)5/h7,12-13,19,23,25,28H,8-11,14-18H2,1-6H3/t23-,25-,28-/m0/s1. The Kier molecular flexibility index (Phi) is 8.17. The third-order valence-electron chi connectivity index (χ3n) is 8.95. The number of aryl methyl sites for hydroxylation is 2. The largest absolute Gasteiger partial charge is 0.449 e. The van der Waals surface area contributed by atoms with Crippen LogP contribution in [0.2, 0.25) is 0 Å². The van der Waals surface area contributed by atoms with E-state index in [1.54, 1.807) is 16.9 Å². The lowest BCUT2D eigenvalue weighted by atomic mass is 9.92. The first-order valence-electron chi connectivity index (χ1n) is 15.6. The first kappa shape index (κ1) is 30.2. The van der Waals surface area contributed by atoms with Crippen LogP contribution >= 0.6 is 0 Å². The number of aromatic nitrogens is 3. The summed E-state index contributed by atoms with van der Waals surface area (Å²) in [5.74, 6) is 1.63. The van der Waals surface area contributed by atoms with Crippen molar-refractivity contribution in [2.24, 2.45) is 0 Å². The molecule has 11 heteroatoms. The van der Waals surface area contributed by atoms with Gasteiger partial charge in [-0.2, -0.15) is 0 Å². The normalized spacial score (nSPS) is 23.1. The van der Waals surface area contributed by atoms with E-state index in [-0.39, 0.29) is 30.4 Å². The zero-order chi connectivity index (χ0) is 31.2. The van der Waals surface area contributed by atoms with Crippen molar-refractivity contribution in [3.63, 3.8) is 0 Å². The Balaban J connectivity index is 1.38. The van der Waals surface area contributed by atoms with E-state index < -0.39 is 5.60 Å². The zero-order valence-electron chi connectivity index (χ0n) is 26.6. The molecule has 3 aliphatic rings. The third kappa shape index (κ3) is 5.81. The molecule has 1 saturated carbocycles. The number of amides is 2. The molecule has 1 aromatic carbocycles. The van der Waals surface area contributed by atoms with Crippen molar-refractivity contribution in [3.8, 4) is 11.1 Å². The predicted molar refractivity (Wildman–Crippen MR) is 164 cm³/mol. The Labute approximate surface area is 258 Å². The number of fused-ring (bicyclic) bond motifs is 1. The third-order valence-corrected chi connectivity index (χ3v) is 8.95. The van der Waals surface area contributed by atoms with E-state index in [9.17, 15) is 9.59 Å². The SMILES string of the molecule is CO[C@H]1CC[C@H](n2c([C@@H]3CCOC(=O)N3C3=CCN(C(=O)OC(C)(C)C)CC3)nc3cc(-c4c(C)noc4C)ccc32)CC1. The Hall–Kier alpha value is -3.86. The second-order valence-corrected chi connectivity index (χ2v) is 13.1. The molecule has 6 rings (SSSR count). The molecule has 0 bridgehead atoms. The van der Waals surface area contributed by atoms with Crippen LogP contribution in [0.25, 0.3) is 22.2 Å². The molecule has 3 aromatic rings. The van der Waals surface area contributed by atoms with Crippen molar-refractivity contribution in [2.45, 2.75) is 96.9 Å². The summed E-state index contributed by atoms with van der Waals surface area (Å²) in [6, 6.07) is 6.28. The van der Waals surface area contributed by atoms with Gasteiger partial charge in [-0.1, -0.05) is 11.2 Å². The van der Waals surface area contributed by atoms with Crippen molar-refractivity contribution in [2.75, 3.05) is 26.8 Å². The summed E-state index contributed by atoms with van der Waals surface area (Å²) in [4.78, 5) is 34.8. The number of carbonyl (C=O) groups excluding carboxylic acids is 2. The molecule has 1 saturated heterocycles. The summed E-state index contributed by atoms with van der Waals surface area (Å²) in [5, 5.41) is 4.15. The maximum absolute atomic E-state index is 13.4. The highest BCUT2D eigenvalue weighted by Gasteiger charge is 2.39. The lowest BCUT2D eigenvalue weighted by molar-refractivity contribution is 0.0243. The highest BCUT2D eigenvalue weighted by Crippen LogP contribution is 2.41. The van der Waals surface area contributed by atoms with Gasteiger partial charge in [0.2, 0.25) is 0 Å². The number of rotatable bonds is 5. The molecule has 2 amide bonds. The summed E-state index contributed by atoms with van der Waals surface area (Å²) in [6.45, 7) is 10.6. The van der Waals surface area contributed by atoms with Crippen LogP contribution in [-0.2, 0) is 14.2 Å². The second-order valence-electron chi connectivity index (χ2n) is 13.1. The minimum absolute atomic E-state index is 0.231. The fourth-order valence-corrected chi connectivity index (χ4v) is 6.84. The number of hydrogen-bond acceptors (Lipinski definition) is 8. The van der Waals surface area contributed by atoms with Crippen LogP contribution in [0.15, 0.2) is 34.5 Å². The van der Waals surface area contributed by atoms with Gasteiger partial charge in [0, 0.05) is 50.3 Å². The summed E-state index contributed by atoms with van der Waals surface area (Å²) in [7, 11) is 1.78. The van der Waals surface area contributed by atoms with Crippen molar-refractivity contribution < 1.29 is 28.3 Å². The molecule has 11 nitrogen and oxygen atoms in total. The topological polar surface area (TPSA) is 112 Å². The number of cyclic esters (lactones) is 1. The number of hydrogen-bond donors (Lipinski definition) is 0. The van der Waals surface area contributed by atoms with E-state index in [4.69, 9.17) is 23.7 Å². The van der Waals surface area contributed by atoms with Gasteiger partial charge in [-0.25, -0.2) is 14.6 Å².